The van der Waals surface area contributed by atoms with E-state index in [4.69, 9.17) is 0 Å². The molecule has 2 aliphatic rings. The number of rotatable bonds is 5. The van der Waals surface area contributed by atoms with Crippen LogP contribution in [0, 0.1) is 11.8 Å². The van der Waals surface area contributed by atoms with Crippen molar-refractivity contribution in [2.45, 2.75) is 38.3 Å². The van der Waals surface area contributed by atoms with Crippen molar-refractivity contribution in [1.29, 1.82) is 0 Å². The van der Waals surface area contributed by atoms with Crippen LogP contribution in [0.2, 0.25) is 0 Å². The van der Waals surface area contributed by atoms with E-state index in [2.05, 4.69) is 19.9 Å². The summed E-state index contributed by atoms with van der Waals surface area (Å²) < 4.78 is 40.4. The molecule has 2 unspecified atom stereocenters. The van der Waals surface area contributed by atoms with Crippen LogP contribution in [0.1, 0.15) is 32.1 Å². The first kappa shape index (κ1) is 17.4. The number of nitrogens with zero attached hydrogens (tertiary/aromatic N) is 2. The third-order valence-corrected chi connectivity index (χ3v) is 4.50. The molecule has 2 fully saturated rings. The normalized spacial score (nSPS) is 26.2. The van der Waals surface area contributed by atoms with Crippen molar-refractivity contribution in [2.75, 3.05) is 39.9 Å². The van der Waals surface area contributed by atoms with E-state index in [1.807, 2.05) is 0 Å². The van der Waals surface area contributed by atoms with Crippen LogP contribution in [0.5, 0.6) is 0 Å². The molecule has 1 N–H and O–H groups in total. The molecule has 1 saturated carbocycles. The summed E-state index contributed by atoms with van der Waals surface area (Å²) in [7, 11) is 1.75. The number of ether oxygens (including phenoxy) is 1. The van der Waals surface area contributed by atoms with E-state index < -0.39 is 12.8 Å². The molecule has 2 rings (SSSR count). The first-order chi connectivity index (χ1) is 10.5. The molecular weight excluding hydrogens is 295 g/mol. The Labute approximate surface area is 130 Å². The molecule has 0 amide bonds. The van der Waals surface area contributed by atoms with Crippen molar-refractivity contribution in [3.05, 3.63) is 0 Å². The zero-order valence-electron chi connectivity index (χ0n) is 13.2. The largest absolute Gasteiger partial charge is 0.411 e. The van der Waals surface area contributed by atoms with Crippen LogP contribution >= 0.6 is 0 Å². The van der Waals surface area contributed by atoms with Crippen molar-refractivity contribution in [1.82, 2.24) is 10.2 Å². The minimum Gasteiger partial charge on any atom is -0.372 e. The Hall–Kier alpha value is -0.980. The highest BCUT2D eigenvalue weighted by atomic mass is 19.4. The molecular formula is C15H26F3N3O. The van der Waals surface area contributed by atoms with E-state index >= 15 is 0 Å². The van der Waals surface area contributed by atoms with Crippen LogP contribution in [0.4, 0.5) is 13.2 Å². The zero-order chi connectivity index (χ0) is 16.0. The molecule has 1 aliphatic carbocycles. The lowest BCUT2D eigenvalue weighted by atomic mass is 9.82. The maximum atomic E-state index is 11.9. The van der Waals surface area contributed by atoms with Crippen LogP contribution in [0.3, 0.4) is 0 Å². The Morgan fingerprint density at radius 3 is 2.41 bits per heavy atom. The third-order valence-electron chi connectivity index (χ3n) is 4.50. The van der Waals surface area contributed by atoms with Crippen molar-refractivity contribution in [3.8, 4) is 0 Å². The van der Waals surface area contributed by atoms with Crippen molar-refractivity contribution >= 4 is 5.96 Å². The van der Waals surface area contributed by atoms with Gasteiger partial charge in [-0.05, 0) is 31.1 Å². The number of nitrogens with one attached hydrogen (secondary N) is 1. The highest BCUT2D eigenvalue weighted by Crippen LogP contribution is 2.35. The monoisotopic (exact) mass is 321 g/mol. The fourth-order valence-corrected chi connectivity index (χ4v) is 3.47. The summed E-state index contributed by atoms with van der Waals surface area (Å²) in [5.41, 5.74) is 0. The number of aliphatic imine (C=N–C) groups is 1. The molecule has 7 heteroatoms. The van der Waals surface area contributed by atoms with Gasteiger partial charge in [-0.1, -0.05) is 12.8 Å². The maximum absolute atomic E-state index is 11.9. The number of fused-ring (bicyclic) bond motifs is 1. The Morgan fingerprint density at radius 2 is 1.86 bits per heavy atom. The van der Waals surface area contributed by atoms with E-state index in [0.29, 0.717) is 13.0 Å². The van der Waals surface area contributed by atoms with Gasteiger partial charge in [-0.3, -0.25) is 4.99 Å². The standard InChI is InChI=1S/C15H26F3N3O/c1-19-14(20-7-4-8-22-11-15(16,17)18)21-9-12-5-2-3-6-13(12)10-21/h12-13H,2-11H2,1H3,(H,19,20). The van der Waals surface area contributed by atoms with Gasteiger partial charge in [-0.2, -0.15) is 13.2 Å². The lowest BCUT2D eigenvalue weighted by Crippen LogP contribution is -2.40. The lowest BCUT2D eigenvalue weighted by Gasteiger charge is -2.22. The van der Waals surface area contributed by atoms with Gasteiger partial charge in [0.1, 0.15) is 6.61 Å². The average molecular weight is 321 g/mol. The van der Waals surface area contributed by atoms with Gasteiger partial charge in [0, 0.05) is 33.3 Å². The fraction of sp³-hybridized carbons (Fsp3) is 0.933. The molecule has 0 bridgehead atoms. The minimum absolute atomic E-state index is 0.106. The van der Waals surface area contributed by atoms with E-state index in [1.54, 1.807) is 7.05 Å². The van der Waals surface area contributed by atoms with Crippen LogP contribution in [0.25, 0.3) is 0 Å². The number of guanidine groups is 1. The van der Waals surface area contributed by atoms with Gasteiger partial charge in [0.05, 0.1) is 0 Å². The van der Waals surface area contributed by atoms with Crippen molar-refractivity contribution in [3.63, 3.8) is 0 Å². The summed E-state index contributed by atoms with van der Waals surface area (Å²) in [4.78, 5) is 6.58. The Balaban J connectivity index is 1.64. The van der Waals surface area contributed by atoms with Gasteiger partial charge in [-0.15, -0.1) is 0 Å². The molecule has 0 aromatic heterocycles. The van der Waals surface area contributed by atoms with Crippen molar-refractivity contribution < 1.29 is 17.9 Å². The molecule has 0 radical (unpaired) electrons. The number of hydrogen-bond donors (Lipinski definition) is 1. The Bertz CT molecular complexity index is 360. The molecule has 0 aromatic rings. The maximum Gasteiger partial charge on any atom is 0.411 e. The second-order valence-electron chi connectivity index (χ2n) is 6.20. The van der Waals surface area contributed by atoms with E-state index in [1.165, 1.54) is 25.7 Å². The van der Waals surface area contributed by atoms with E-state index in [-0.39, 0.29) is 6.61 Å². The first-order valence-corrected chi connectivity index (χ1v) is 8.09. The fourth-order valence-electron chi connectivity index (χ4n) is 3.47. The zero-order valence-corrected chi connectivity index (χ0v) is 13.2. The SMILES string of the molecule is CN=C(NCCCOCC(F)(F)F)N1CC2CCCCC2C1. The predicted octanol–water partition coefficient (Wildman–Crippen LogP) is 2.65. The van der Waals surface area contributed by atoms with Crippen molar-refractivity contribution in [2.24, 2.45) is 16.8 Å². The summed E-state index contributed by atoms with van der Waals surface area (Å²) in [5.74, 6) is 2.43. The third kappa shape index (κ3) is 5.34. The molecule has 22 heavy (non-hydrogen) atoms. The lowest BCUT2D eigenvalue weighted by molar-refractivity contribution is -0.173. The second kappa shape index (κ2) is 8.04. The molecule has 1 heterocycles. The van der Waals surface area contributed by atoms with E-state index in [9.17, 15) is 13.2 Å². The van der Waals surface area contributed by atoms with E-state index in [0.717, 1.165) is 30.9 Å². The van der Waals surface area contributed by atoms with Gasteiger partial charge >= 0.3 is 6.18 Å². The second-order valence-corrected chi connectivity index (χ2v) is 6.20. The van der Waals surface area contributed by atoms with Gasteiger partial charge in [0.2, 0.25) is 0 Å². The highest BCUT2D eigenvalue weighted by Gasteiger charge is 2.35. The molecule has 1 aliphatic heterocycles. The predicted molar refractivity (Wildman–Crippen MR) is 79.9 cm³/mol. The average Bonchev–Trinajstić information content (AvgIpc) is 2.89. The van der Waals surface area contributed by atoms with Crippen LogP contribution in [-0.2, 0) is 4.74 Å². The molecule has 4 nitrogen and oxygen atoms in total. The summed E-state index contributed by atoms with van der Waals surface area (Å²) in [5, 5.41) is 3.23. The Morgan fingerprint density at radius 1 is 1.23 bits per heavy atom. The number of hydrogen-bond acceptors (Lipinski definition) is 2. The smallest absolute Gasteiger partial charge is 0.372 e. The van der Waals surface area contributed by atoms with Crippen LogP contribution in [0.15, 0.2) is 4.99 Å². The number of alkyl halides is 3. The highest BCUT2D eigenvalue weighted by molar-refractivity contribution is 5.80. The summed E-state index contributed by atoms with van der Waals surface area (Å²) in [6.07, 6.45) is 1.58. The summed E-state index contributed by atoms with van der Waals surface area (Å²) >= 11 is 0. The first-order valence-electron chi connectivity index (χ1n) is 8.09. The van der Waals surface area contributed by atoms with Gasteiger partial charge in [0.15, 0.2) is 5.96 Å². The summed E-state index contributed by atoms with van der Waals surface area (Å²) in [6.45, 7) is 1.62. The van der Waals surface area contributed by atoms with Crippen LogP contribution < -0.4 is 5.32 Å². The van der Waals surface area contributed by atoms with Crippen LogP contribution in [-0.4, -0.2) is 56.9 Å². The Kier molecular flexibility index (Phi) is 6.35. The molecule has 0 spiro atoms. The quantitative estimate of drug-likeness (QED) is 0.480. The van der Waals surface area contributed by atoms with Gasteiger partial charge in [-0.25, -0.2) is 0 Å². The molecule has 1 saturated heterocycles. The topological polar surface area (TPSA) is 36.9 Å². The number of halogens is 3. The van der Waals surface area contributed by atoms with Gasteiger partial charge < -0.3 is 15.0 Å². The minimum atomic E-state index is -4.24. The van der Waals surface area contributed by atoms with Gasteiger partial charge in [0.25, 0.3) is 0 Å². The molecule has 128 valence electrons. The number of likely N-dealkylation sites (tertiary alicyclic amines) is 1. The summed E-state index contributed by atoms with van der Waals surface area (Å²) in [6, 6.07) is 0. The molecule has 0 aromatic carbocycles. The molecule has 2 atom stereocenters.